The van der Waals surface area contributed by atoms with E-state index in [-0.39, 0.29) is 16.8 Å². The van der Waals surface area contributed by atoms with Crippen molar-refractivity contribution in [1.82, 2.24) is 10.3 Å². The van der Waals surface area contributed by atoms with Crippen LogP contribution in [0.4, 0.5) is 0 Å². The Morgan fingerprint density at radius 2 is 2.12 bits per heavy atom. The van der Waals surface area contributed by atoms with Crippen LogP contribution < -0.4 is 5.32 Å². The molecule has 1 rings (SSSR count). The topological polar surface area (TPSA) is 65.1 Å². The summed E-state index contributed by atoms with van der Waals surface area (Å²) >= 11 is 11.4. The second-order valence-electron chi connectivity index (χ2n) is 4.20. The van der Waals surface area contributed by atoms with E-state index in [1.807, 2.05) is 0 Å². The monoisotopic (exact) mass is 264 g/mol. The van der Waals surface area contributed by atoms with Crippen LogP contribution in [0.15, 0.2) is 6.07 Å². The predicted octanol–water partition coefficient (Wildman–Crippen LogP) is 2.21. The van der Waals surface area contributed by atoms with Crippen molar-refractivity contribution in [3.8, 4) is 0 Å². The summed E-state index contributed by atoms with van der Waals surface area (Å²) in [6, 6.07) is 1.44. The van der Waals surface area contributed by atoms with Gasteiger partial charge in [-0.1, -0.05) is 23.2 Å². The molecule has 0 spiro atoms. The number of H-pyrrole nitrogens is 1. The van der Waals surface area contributed by atoms with Gasteiger partial charge >= 0.3 is 0 Å². The van der Waals surface area contributed by atoms with Gasteiger partial charge in [-0.15, -0.1) is 0 Å². The van der Waals surface area contributed by atoms with Crippen LogP contribution >= 0.6 is 23.2 Å². The fourth-order valence-electron chi connectivity index (χ4n) is 0.991. The Balaban J connectivity index is 2.80. The van der Waals surface area contributed by atoms with E-state index in [9.17, 15) is 9.90 Å². The van der Waals surface area contributed by atoms with Gasteiger partial charge in [-0.05, 0) is 26.8 Å². The largest absolute Gasteiger partial charge is 0.391 e. The molecule has 3 N–H and O–H groups in total. The number of halogens is 2. The first-order chi connectivity index (χ1) is 7.24. The van der Waals surface area contributed by atoms with Gasteiger partial charge in [0.25, 0.3) is 5.91 Å². The molecule has 0 aliphatic carbocycles. The van der Waals surface area contributed by atoms with E-state index in [4.69, 9.17) is 23.2 Å². The van der Waals surface area contributed by atoms with Crippen molar-refractivity contribution in [2.24, 2.45) is 0 Å². The fourth-order valence-corrected chi connectivity index (χ4v) is 1.30. The summed E-state index contributed by atoms with van der Waals surface area (Å²) in [4.78, 5) is 14.4. The number of aromatic nitrogens is 1. The maximum absolute atomic E-state index is 11.8. The van der Waals surface area contributed by atoms with Gasteiger partial charge in [0, 0.05) is 0 Å². The lowest BCUT2D eigenvalue weighted by atomic mass is 9.98. The van der Waals surface area contributed by atoms with Gasteiger partial charge in [-0.2, -0.15) is 0 Å². The Kier molecular flexibility index (Phi) is 3.88. The van der Waals surface area contributed by atoms with Gasteiger partial charge < -0.3 is 15.4 Å². The average molecular weight is 265 g/mol. The number of rotatable bonds is 3. The highest BCUT2D eigenvalue weighted by atomic mass is 35.5. The van der Waals surface area contributed by atoms with Crippen LogP contribution in [0, 0.1) is 0 Å². The number of carbonyl (C=O) groups is 1. The lowest BCUT2D eigenvalue weighted by Crippen LogP contribution is -2.51. The highest BCUT2D eigenvalue weighted by molar-refractivity contribution is 6.41. The van der Waals surface area contributed by atoms with Crippen molar-refractivity contribution in [2.45, 2.75) is 32.4 Å². The number of hydrogen-bond donors (Lipinski definition) is 3. The van der Waals surface area contributed by atoms with E-state index < -0.39 is 11.6 Å². The lowest BCUT2D eigenvalue weighted by Gasteiger charge is -2.29. The number of aromatic amines is 1. The Morgan fingerprint density at radius 3 is 2.50 bits per heavy atom. The van der Waals surface area contributed by atoms with Crippen molar-refractivity contribution in [2.75, 3.05) is 0 Å². The second kappa shape index (κ2) is 4.65. The third-order valence-corrected chi connectivity index (χ3v) is 3.14. The molecule has 4 nitrogen and oxygen atoms in total. The minimum absolute atomic E-state index is 0.224. The van der Waals surface area contributed by atoms with Crippen LogP contribution in [0.1, 0.15) is 31.3 Å². The first-order valence-corrected chi connectivity index (χ1v) is 5.54. The molecule has 0 fully saturated rings. The molecule has 16 heavy (non-hydrogen) atoms. The minimum Gasteiger partial charge on any atom is -0.391 e. The highest BCUT2D eigenvalue weighted by Gasteiger charge is 2.27. The summed E-state index contributed by atoms with van der Waals surface area (Å²) < 4.78 is 0. The van der Waals surface area contributed by atoms with E-state index in [2.05, 4.69) is 10.3 Å². The second-order valence-corrected chi connectivity index (χ2v) is 4.98. The molecule has 0 aromatic carbocycles. The molecule has 90 valence electrons. The molecule has 0 saturated heterocycles. The zero-order chi connectivity index (χ0) is 12.5. The lowest BCUT2D eigenvalue weighted by molar-refractivity contribution is 0.0706. The van der Waals surface area contributed by atoms with Gasteiger partial charge in [0.05, 0.1) is 16.7 Å². The summed E-state index contributed by atoms with van der Waals surface area (Å²) in [5, 5.41) is 12.7. The highest BCUT2D eigenvalue weighted by Crippen LogP contribution is 2.22. The fraction of sp³-hybridized carbons (Fsp3) is 0.500. The van der Waals surface area contributed by atoms with E-state index in [1.54, 1.807) is 20.8 Å². The maximum atomic E-state index is 11.8. The van der Waals surface area contributed by atoms with Crippen molar-refractivity contribution in [3.63, 3.8) is 0 Å². The van der Waals surface area contributed by atoms with Gasteiger partial charge in [-0.3, -0.25) is 4.79 Å². The van der Waals surface area contributed by atoms with Gasteiger partial charge in [0.1, 0.15) is 10.8 Å². The number of aliphatic hydroxyl groups excluding tert-OH is 1. The molecule has 0 radical (unpaired) electrons. The van der Waals surface area contributed by atoms with E-state index in [1.165, 1.54) is 6.07 Å². The Hall–Kier alpha value is -0.710. The molecule has 1 aromatic heterocycles. The Bertz CT molecular complexity index is 380. The van der Waals surface area contributed by atoms with Crippen molar-refractivity contribution < 1.29 is 9.90 Å². The Labute approximate surface area is 104 Å². The van der Waals surface area contributed by atoms with Crippen molar-refractivity contribution in [1.29, 1.82) is 0 Å². The van der Waals surface area contributed by atoms with Gasteiger partial charge in [-0.25, -0.2) is 0 Å². The molecule has 1 atom stereocenters. The molecule has 0 bridgehead atoms. The quantitative estimate of drug-likeness (QED) is 0.784. The zero-order valence-corrected chi connectivity index (χ0v) is 10.8. The third-order valence-electron chi connectivity index (χ3n) is 2.45. The van der Waals surface area contributed by atoms with Crippen LogP contribution in [0.5, 0.6) is 0 Å². The first kappa shape index (κ1) is 13.4. The smallest absolute Gasteiger partial charge is 0.268 e. The van der Waals surface area contributed by atoms with E-state index in [0.717, 1.165) is 0 Å². The summed E-state index contributed by atoms with van der Waals surface area (Å²) in [5.74, 6) is -0.361. The van der Waals surface area contributed by atoms with E-state index in [0.29, 0.717) is 5.02 Å². The van der Waals surface area contributed by atoms with Crippen LogP contribution in [0.25, 0.3) is 0 Å². The summed E-state index contributed by atoms with van der Waals surface area (Å²) in [6.07, 6.45) is -0.669. The summed E-state index contributed by atoms with van der Waals surface area (Å²) in [5.41, 5.74) is -0.454. The first-order valence-electron chi connectivity index (χ1n) is 4.78. The van der Waals surface area contributed by atoms with E-state index >= 15 is 0 Å². The molecule has 1 heterocycles. The molecule has 1 amide bonds. The Morgan fingerprint density at radius 1 is 1.56 bits per heavy atom. The molecule has 0 aliphatic rings. The van der Waals surface area contributed by atoms with Crippen LogP contribution in [-0.4, -0.2) is 27.6 Å². The number of nitrogens with one attached hydrogen (secondary N) is 2. The SMILES string of the molecule is CC(O)C(C)(C)NC(=O)c1cc(Cl)c(Cl)[nH]1. The summed E-state index contributed by atoms with van der Waals surface area (Å²) in [6.45, 7) is 5.05. The number of amides is 1. The number of aliphatic hydroxyl groups is 1. The molecule has 0 saturated carbocycles. The maximum Gasteiger partial charge on any atom is 0.268 e. The zero-order valence-electron chi connectivity index (χ0n) is 9.27. The molecular weight excluding hydrogens is 251 g/mol. The summed E-state index contributed by atoms with van der Waals surface area (Å²) in [7, 11) is 0. The van der Waals surface area contributed by atoms with Crippen LogP contribution in [0.2, 0.25) is 10.2 Å². The normalized spacial score (nSPS) is 13.6. The molecular formula is C10H14Cl2N2O2. The molecule has 1 aromatic rings. The van der Waals surface area contributed by atoms with Gasteiger partial charge in [0.15, 0.2) is 0 Å². The van der Waals surface area contributed by atoms with Gasteiger partial charge in [0.2, 0.25) is 0 Å². The standard InChI is InChI=1S/C10H14Cl2N2O2/c1-5(15)10(2,3)14-9(16)7-4-6(11)8(12)13-7/h4-5,13,15H,1-3H3,(H,14,16). The average Bonchev–Trinajstić information content (AvgIpc) is 2.46. The van der Waals surface area contributed by atoms with Crippen molar-refractivity contribution >= 4 is 29.1 Å². The molecule has 6 heteroatoms. The minimum atomic E-state index is -0.721. The van der Waals surface area contributed by atoms with Crippen LogP contribution in [-0.2, 0) is 0 Å². The predicted molar refractivity (Wildman–Crippen MR) is 64.0 cm³/mol. The third kappa shape index (κ3) is 2.90. The number of carbonyl (C=O) groups excluding carboxylic acids is 1. The molecule has 1 unspecified atom stereocenters. The molecule has 0 aliphatic heterocycles. The van der Waals surface area contributed by atoms with Crippen LogP contribution in [0.3, 0.4) is 0 Å². The number of hydrogen-bond acceptors (Lipinski definition) is 2. The van der Waals surface area contributed by atoms with Crippen molar-refractivity contribution in [3.05, 3.63) is 21.9 Å².